The van der Waals surface area contributed by atoms with E-state index >= 15 is 0 Å². The van der Waals surface area contributed by atoms with E-state index in [0.717, 1.165) is 59.4 Å². The summed E-state index contributed by atoms with van der Waals surface area (Å²) in [6.45, 7) is 14.0. The molecule has 2 aromatic heterocycles. The number of aromatic nitrogens is 2. The van der Waals surface area contributed by atoms with Gasteiger partial charge in [-0.25, -0.2) is 14.5 Å². The third kappa shape index (κ3) is 7.75. The van der Waals surface area contributed by atoms with Gasteiger partial charge in [-0.3, -0.25) is 5.21 Å². The fraction of sp³-hybridized carbons (Fsp3) is 0.481. The lowest BCUT2D eigenvalue weighted by Crippen LogP contribution is -2.23. The Labute approximate surface area is 223 Å². The highest BCUT2D eigenvalue weighted by Gasteiger charge is 2.21. The zero-order chi connectivity index (χ0) is 26.3. The first kappa shape index (κ1) is 28.1. The van der Waals surface area contributed by atoms with Crippen LogP contribution in [0.3, 0.4) is 0 Å². The highest BCUT2D eigenvalue weighted by molar-refractivity contribution is 7.99. The minimum absolute atomic E-state index is 0.0272. The Morgan fingerprint density at radius 3 is 2.64 bits per heavy atom. The number of unbranched alkanes of at least 4 members (excludes halogenated alkanes) is 1. The number of anilines is 1. The van der Waals surface area contributed by atoms with Crippen LogP contribution in [0.2, 0.25) is 0 Å². The fourth-order valence-corrected chi connectivity index (χ4v) is 5.64. The monoisotopic (exact) mass is 530 g/mol. The number of amides is 1. The number of nitrogens with zero attached hydrogens (tertiary/aromatic N) is 3. The van der Waals surface area contributed by atoms with Gasteiger partial charge in [0.25, 0.3) is 0 Å². The molecular weight excluding hydrogens is 492 g/mol. The topological polar surface area (TPSA) is 79.6 Å². The molecule has 3 aromatic rings. The van der Waals surface area contributed by atoms with Crippen LogP contribution in [0.1, 0.15) is 70.6 Å². The van der Waals surface area contributed by atoms with Crippen LogP contribution < -0.4 is 9.19 Å². The smallest absolute Gasteiger partial charge is 0.418 e. The zero-order valence-electron chi connectivity index (χ0n) is 22.1. The molecule has 0 aliphatic carbocycles. The van der Waals surface area contributed by atoms with Crippen molar-refractivity contribution in [1.29, 1.82) is 0 Å². The summed E-state index contributed by atoms with van der Waals surface area (Å²) >= 11 is 2.34. The third-order valence-electron chi connectivity index (χ3n) is 5.50. The molecule has 0 radical (unpaired) electrons. The van der Waals surface area contributed by atoms with Gasteiger partial charge in [-0.05, 0) is 36.0 Å². The highest BCUT2D eigenvalue weighted by Crippen LogP contribution is 2.41. The molecule has 9 heteroatoms. The molecule has 0 unspecified atom stereocenters. The van der Waals surface area contributed by atoms with Gasteiger partial charge in [0, 0.05) is 34.8 Å². The molecule has 0 fully saturated rings. The molecule has 0 saturated carbocycles. The maximum Gasteiger partial charge on any atom is 0.418 e. The molecule has 196 valence electrons. The van der Waals surface area contributed by atoms with Crippen LogP contribution in [0.25, 0.3) is 11.1 Å². The predicted octanol–water partition coefficient (Wildman–Crippen LogP) is 7.44. The van der Waals surface area contributed by atoms with Crippen LogP contribution in [0.4, 0.5) is 9.80 Å². The Bertz CT molecular complexity index is 1120. The highest BCUT2D eigenvalue weighted by atomic mass is 32.2. The average Bonchev–Trinajstić information content (AvgIpc) is 3.45. The minimum Gasteiger partial charge on any atom is -0.449 e. The molecule has 0 spiro atoms. The normalized spacial score (nSPS) is 11.7. The molecule has 1 amide bonds. The van der Waals surface area contributed by atoms with Crippen LogP contribution in [-0.4, -0.2) is 27.5 Å². The number of carbonyl (C=O) groups is 1. The van der Waals surface area contributed by atoms with E-state index in [1.54, 1.807) is 0 Å². The van der Waals surface area contributed by atoms with E-state index in [-0.39, 0.29) is 5.41 Å². The molecule has 2 heterocycles. The molecule has 7 nitrogen and oxygen atoms in total. The Morgan fingerprint density at radius 1 is 1.28 bits per heavy atom. The molecule has 0 saturated heterocycles. The first-order chi connectivity index (χ1) is 17.1. The molecule has 2 N–H and O–H groups in total. The minimum atomic E-state index is -0.563. The maximum atomic E-state index is 11.9. The summed E-state index contributed by atoms with van der Waals surface area (Å²) in [5.74, 6) is 1.55. The average molecular weight is 531 g/mol. The van der Waals surface area contributed by atoms with E-state index in [1.807, 2.05) is 19.3 Å². The maximum absolute atomic E-state index is 11.9. The van der Waals surface area contributed by atoms with Gasteiger partial charge in [-0.15, -0.1) is 11.3 Å². The Balaban J connectivity index is 1.77. The predicted molar refractivity (Wildman–Crippen MR) is 150 cm³/mol. The summed E-state index contributed by atoms with van der Waals surface area (Å²) < 4.78 is 10.9. The number of thiophene rings is 1. The Kier molecular flexibility index (Phi) is 9.87. The lowest BCUT2D eigenvalue weighted by molar-refractivity contribution is 0.151. The van der Waals surface area contributed by atoms with Crippen LogP contribution in [0.15, 0.2) is 42.7 Å². The second kappa shape index (κ2) is 12.7. The van der Waals surface area contributed by atoms with Gasteiger partial charge < -0.3 is 9.30 Å². The van der Waals surface area contributed by atoms with Gasteiger partial charge in [-0.1, -0.05) is 72.2 Å². The second-order valence-electron chi connectivity index (χ2n) is 10.3. The summed E-state index contributed by atoms with van der Waals surface area (Å²) in [5, 5.41) is 11.5. The lowest BCUT2D eigenvalue weighted by Gasteiger charge is -2.20. The van der Waals surface area contributed by atoms with Crippen molar-refractivity contribution in [1.82, 2.24) is 14.3 Å². The number of hydrogen-bond donors (Lipinski definition) is 2. The molecule has 0 atom stereocenters. The van der Waals surface area contributed by atoms with Crippen molar-refractivity contribution in [2.45, 2.75) is 72.8 Å². The lowest BCUT2D eigenvalue weighted by atomic mass is 9.95. The molecule has 0 aliphatic heterocycles. The van der Waals surface area contributed by atoms with Gasteiger partial charge in [0.1, 0.15) is 23.0 Å². The van der Waals surface area contributed by atoms with Crippen LogP contribution >= 0.6 is 23.5 Å². The number of imidazole rings is 1. The van der Waals surface area contributed by atoms with Crippen molar-refractivity contribution in [2.24, 2.45) is 5.92 Å². The van der Waals surface area contributed by atoms with E-state index in [4.69, 9.17) is 4.74 Å². The van der Waals surface area contributed by atoms with Crippen molar-refractivity contribution in [3.05, 3.63) is 59.0 Å². The number of carbonyl (C=O) groups excluding carboxylic acids is 1. The number of ether oxygens (including phenoxy) is 1. The third-order valence-corrected chi connectivity index (χ3v) is 7.36. The largest absolute Gasteiger partial charge is 0.449 e. The Morgan fingerprint density at radius 2 is 2.00 bits per heavy atom. The van der Waals surface area contributed by atoms with E-state index in [1.165, 1.54) is 21.8 Å². The van der Waals surface area contributed by atoms with Crippen molar-refractivity contribution >= 4 is 34.6 Å². The summed E-state index contributed by atoms with van der Waals surface area (Å²) in [7, 11) is 0. The number of nitrogens with one attached hydrogen (secondary N) is 1. The summed E-state index contributed by atoms with van der Waals surface area (Å²) in [6.07, 6.45) is 5.98. The van der Waals surface area contributed by atoms with E-state index < -0.39 is 6.09 Å². The van der Waals surface area contributed by atoms with Crippen molar-refractivity contribution in [3.8, 4) is 11.1 Å². The van der Waals surface area contributed by atoms with Gasteiger partial charge in [0.15, 0.2) is 0 Å². The van der Waals surface area contributed by atoms with Gasteiger partial charge in [0.05, 0.1) is 6.61 Å². The quantitative estimate of drug-likeness (QED) is 0.152. The molecule has 0 bridgehead atoms. The van der Waals surface area contributed by atoms with Gasteiger partial charge >= 0.3 is 6.09 Å². The summed E-state index contributed by atoms with van der Waals surface area (Å²) in [4.78, 5) is 17.6. The Hall–Kier alpha value is -2.49. The van der Waals surface area contributed by atoms with E-state index in [9.17, 15) is 10.0 Å². The van der Waals surface area contributed by atoms with Gasteiger partial charge in [0.2, 0.25) is 0 Å². The van der Waals surface area contributed by atoms with Crippen molar-refractivity contribution < 1.29 is 14.7 Å². The van der Waals surface area contributed by atoms with Crippen LogP contribution in [0.5, 0.6) is 0 Å². The van der Waals surface area contributed by atoms with Crippen molar-refractivity contribution in [2.75, 3.05) is 11.1 Å². The van der Waals surface area contributed by atoms with Crippen molar-refractivity contribution in [3.63, 3.8) is 0 Å². The SMILES string of the molecule is CCCCOC(=O)NSN(O)c1sc(CC(C)C)cc1-c1ccc(Cn2ccnc2C(C)(C)C)cc1. The fourth-order valence-electron chi connectivity index (χ4n) is 3.81. The van der Waals surface area contributed by atoms with Gasteiger partial charge in [-0.2, -0.15) is 4.47 Å². The van der Waals surface area contributed by atoms with E-state index in [0.29, 0.717) is 17.5 Å². The molecule has 36 heavy (non-hydrogen) atoms. The number of benzene rings is 1. The number of rotatable bonds is 11. The summed E-state index contributed by atoms with van der Waals surface area (Å²) in [5.41, 5.74) is 3.08. The first-order valence-corrected chi connectivity index (χ1v) is 14.0. The zero-order valence-corrected chi connectivity index (χ0v) is 23.7. The van der Waals surface area contributed by atoms with E-state index in [2.05, 4.69) is 79.2 Å². The second-order valence-corrected chi connectivity index (χ2v) is 12.2. The summed E-state index contributed by atoms with van der Waals surface area (Å²) in [6, 6.07) is 10.5. The van der Waals surface area contributed by atoms with Crippen LogP contribution in [0, 0.1) is 5.92 Å². The molecule has 0 aliphatic rings. The standard InChI is InChI=1S/C27H38N4O3S2/c1-7-8-15-34-26(32)29-36-31(33)24-23(17-22(35-24)16-19(2)3)21-11-9-20(10-12-21)18-30-14-13-28-25(30)27(4,5)6/h9-14,17,19,33H,7-8,15-16,18H2,1-6H3,(H,29,32). The number of hydrogen-bond acceptors (Lipinski definition) is 7. The molecule has 1 aromatic carbocycles. The molecule has 3 rings (SSSR count). The molecular formula is C27H38N4O3S2. The van der Waals surface area contributed by atoms with Crippen LogP contribution in [-0.2, 0) is 23.1 Å². The first-order valence-electron chi connectivity index (χ1n) is 12.4.